The molecule has 86 valence electrons. The van der Waals surface area contributed by atoms with Gasteiger partial charge in [0.15, 0.2) is 0 Å². The van der Waals surface area contributed by atoms with Gasteiger partial charge in [0.2, 0.25) is 5.91 Å². The second-order valence-corrected chi connectivity index (χ2v) is 4.84. The zero-order chi connectivity index (χ0) is 11.4. The largest absolute Gasteiger partial charge is 0.353 e. The summed E-state index contributed by atoms with van der Waals surface area (Å²) in [4.78, 5) is 11.6. The topological polar surface area (TPSA) is 29.1 Å². The summed E-state index contributed by atoms with van der Waals surface area (Å²) in [6, 6.07) is 10.8. The molecule has 1 aliphatic carbocycles. The van der Waals surface area contributed by atoms with Crippen molar-refractivity contribution in [1.82, 2.24) is 5.32 Å². The van der Waals surface area contributed by atoms with Crippen molar-refractivity contribution < 1.29 is 4.79 Å². The molecule has 1 atom stereocenters. The van der Waals surface area contributed by atoms with E-state index in [0.717, 1.165) is 6.42 Å². The maximum Gasteiger partial charge on any atom is 0.220 e. The molecule has 0 unspecified atom stereocenters. The third kappa shape index (κ3) is 3.69. The molecule has 1 aromatic rings. The van der Waals surface area contributed by atoms with Crippen LogP contribution in [0.3, 0.4) is 0 Å². The molecule has 16 heavy (non-hydrogen) atoms. The van der Waals surface area contributed by atoms with E-state index in [-0.39, 0.29) is 5.91 Å². The average molecular weight is 217 g/mol. The van der Waals surface area contributed by atoms with Gasteiger partial charge in [-0.3, -0.25) is 4.79 Å². The number of rotatable bonds is 5. The van der Waals surface area contributed by atoms with Gasteiger partial charge in [-0.05, 0) is 30.7 Å². The van der Waals surface area contributed by atoms with Crippen LogP contribution in [-0.2, 0) is 11.2 Å². The molecular formula is C14H19NO. The molecule has 2 nitrogen and oxygen atoms in total. The summed E-state index contributed by atoms with van der Waals surface area (Å²) in [5.41, 5.74) is 1.31. The van der Waals surface area contributed by atoms with Crippen LogP contribution in [0.15, 0.2) is 30.3 Å². The summed E-state index contributed by atoms with van der Waals surface area (Å²) in [6.45, 7) is 2.14. The molecule has 1 saturated carbocycles. The predicted molar refractivity (Wildman–Crippen MR) is 65.1 cm³/mol. The molecule has 0 heterocycles. The van der Waals surface area contributed by atoms with E-state index in [1.807, 2.05) is 18.2 Å². The van der Waals surface area contributed by atoms with E-state index in [9.17, 15) is 4.79 Å². The van der Waals surface area contributed by atoms with Crippen LogP contribution in [0, 0.1) is 5.92 Å². The lowest BCUT2D eigenvalue weighted by molar-refractivity contribution is -0.122. The van der Waals surface area contributed by atoms with Crippen molar-refractivity contribution in [3.05, 3.63) is 35.9 Å². The Morgan fingerprint density at radius 1 is 1.38 bits per heavy atom. The van der Waals surface area contributed by atoms with Gasteiger partial charge >= 0.3 is 0 Å². The van der Waals surface area contributed by atoms with Gasteiger partial charge in [-0.25, -0.2) is 0 Å². The molecule has 0 aliphatic heterocycles. The van der Waals surface area contributed by atoms with Crippen molar-refractivity contribution in [2.45, 2.75) is 38.6 Å². The van der Waals surface area contributed by atoms with Gasteiger partial charge in [-0.1, -0.05) is 37.3 Å². The number of hydrogen-bond acceptors (Lipinski definition) is 1. The molecule has 1 aliphatic rings. The normalized spacial score (nSPS) is 16.8. The van der Waals surface area contributed by atoms with Crippen molar-refractivity contribution >= 4 is 5.91 Å². The molecule has 2 rings (SSSR count). The first-order valence-electron chi connectivity index (χ1n) is 6.07. The first kappa shape index (κ1) is 11.2. The molecular weight excluding hydrogens is 198 g/mol. The molecule has 0 bridgehead atoms. The van der Waals surface area contributed by atoms with Crippen LogP contribution >= 0.6 is 0 Å². The van der Waals surface area contributed by atoms with E-state index in [4.69, 9.17) is 0 Å². The van der Waals surface area contributed by atoms with Crippen LogP contribution in [0.2, 0.25) is 0 Å². The monoisotopic (exact) mass is 217 g/mol. The Hall–Kier alpha value is -1.31. The SMILES string of the molecule is C[C@H](CC(=O)NC1CC1)Cc1ccccc1. The van der Waals surface area contributed by atoms with Gasteiger partial charge in [0.05, 0.1) is 0 Å². The minimum atomic E-state index is 0.214. The number of amides is 1. The fourth-order valence-electron chi connectivity index (χ4n) is 1.92. The molecule has 1 aromatic carbocycles. The fourth-order valence-corrected chi connectivity index (χ4v) is 1.92. The molecule has 2 heteroatoms. The highest BCUT2D eigenvalue weighted by molar-refractivity contribution is 5.76. The molecule has 0 radical (unpaired) electrons. The summed E-state index contributed by atoms with van der Waals surface area (Å²) in [5, 5.41) is 3.03. The standard InChI is InChI=1S/C14H19NO/c1-11(9-12-5-3-2-4-6-12)10-14(16)15-13-7-8-13/h2-6,11,13H,7-10H2,1H3,(H,15,16)/t11-/m0/s1. The zero-order valence-electron chi connectivity index (χ0n) is 9.78. The van der Waals surface area contributed by atoms with Crippen LogP contribution < -0.4 is 5.32 Å². The molecule has 0 aromatic heterocycles. The number of hydrogen-bond donors (Lipinski definition) is 1. The lowest BCUT2D eigenvalue weighted by Crippen LogP contribution is -2.27. The molecule has 0 saturated heterocycles. The number of nitrogens with one attached hydrogen (secondary N) is 1. The Morgan fingerprint density at radius 2 is 2.06 bits per heavy atom. The van der Waals surface area contributed by atoms with Crippen molar-refractivity contribution in [3.63, 3.8) is 0 Å². The Bertz CT molecular complexity index is 343. The lowest BCUT2D eigenvalue weighted by atomic mass is 9.98. The minimum absolute atomic E-state index is 0.214. The first-order valence-corrected chi connectivity index (χ1v) is 6.07. The number of benzene rings is 1. The van der Waals surface area contributed by atoms with Crippen LogP contribution in [0.25, 0.3) is 0 Å². The second-order valence-electron chi connectivity index (χ2n) is 4.84. The summed E-state index contributed by atoms with van der Waals surface area (Å²) < 4.78 is 0. The summed E-state index contributed by atoms with van der Waals surface area (Å²) in [6.07, 6.45) is 3.96. The van der Waals surface area contributed by atoms with Crippen molar-refractivity contribution in [2.75, 3.05) is 0 Å². The highest BCUT2D eigenvalue weighted by atomic mass is 16.1. The van der Waals surface area contributed by atoms with Gasteiger partial charge in [0.1, 0.15) is 0 Å². The average Bonchev–Trinajstić information content (AvgIpc) is 3.02. The zero-order valence-corrected chi connectivity index (χ0v) is 9.78. The highest BCUT2D eigenvalue weighted by Crippen LogP contribution is 2.19. The molecule has 1 fully saturated rings. The van der Waals surface area contributed by atoms with Crippen molar-refractivity contribution in [3.8, 4) is 0 Å². The van der Waals surface area contributed by atoms with Crippen LogP contribution in [0.5, 0.6) is 0 Å². The maximum atomic E-state index is 11.6. The van der Waals surface area contributed by atoms with E-state index < -0.39 is 0 Å². The summed E-state index contributed by atoms with van der Waals surface area (Å²) in [5.74, 6) is 0.632. The van der Waals surface area contributed by atoms with E-state index in [0.29, 0.717) is 18.4 Å². The van der Waals surface area contributed by atoms with Gasteiger partial charge in [0, 0.05) is 12.5 Å². The Balaban J connectivity index is 1.74. The van der Waals surface area contributed by atoms with E-state index >= 15 is 0 Å². The van der Waals surface area contributed by atoms with Gasteiger partial charge in [0.25, 0.3) is 0 Å². The van der Waals surface area contributed by atoms with Crippen LogP contribution in [0.1, 0.15) is 31.7 Å². The molecule has 0 spiro atoms. The quantitative estimate of drug-likeness (QED) is 0.806. The van der Waals surface area contributed by atoms with Crippen LogP contribution in [0.4, 0.5) is 0 Å². The predicted octanol–water partition coefficient (Wildman–Crippen LogP) is 2.53. The lowest BCUT2D eigenvalue weighted by Gasteiger charge is -2.11. The molecule has 1 amide bonds. The van der Waals surface area contributed by atoms with Crippen LogP contribution in [-0.4, -0.2) is 11.9 Å². The second kappa shape index (κ2) is 5.15. The van der Waals surface area contributed by atoms with Gasteiger partial charge < -0.3 is 5.32 Å². The molecule has 1 N–H and O–H groups in total. The summed E-state index contributed by atoms with van der Waals surface area (Å²) >= 11 is 0. The third-order valence-corrected chi connectivity index (χ3v) is 2.90. The van der Waals surface area contributed by atoms with Gasteiger partial charge in [-0.2, -0.15) is 0 Å². The Morgan fingerprint density at radius 3 is 2.69 bits per heavy atom. The minimum Gasteiger partial charge on any atom is -0.353 e. The third-order valence-electron chi connectivity index (χ3n) is 2.90. The van der Waals surface area contributed by atoms with Crippen molar-refractivity contribution in [2.24, 2.45) is 5.92 Å². The smallest absolute Gasteiger partial charge is 0.220 e. The van der Waals surface area contributed by atoms with E-state index in [2.05, 4.69) is 24.4 Å². The Labute approximate surface area is 97.1 Å². The van der Waals surface area contributed by atoms with Gasteiger partial charge in [-0.15, -0.1) is 0 Å². The highest BCUT2D eigenvalue weighted by Gasteiger charge is 2.23. The fraction of sp³-hybridized carbons (Fsp3) is 0.500. The summed E-state index contributed by atoms with van der Waals surface area (Å²) in [7, 11) is 0. The number of carbonyl (C=O) groups excluding carboxylic acids is 1. The Kier molecular flexibility index (Phi) is 3.60. The van der Waals surface area contributed by atoms with E-state index in [1.165, 1.54) is 18.4 Å². The maximum absolute atomic E-state index is 11.6. The number of carbonyl (C=O) groups is 1. The first-order chi connectivity index (χ1) is 7.74. The van der Waals surface area contributed by atoms with E-state index in [1.54, 1.807) is 0 Å². The van der Waals surface area contributed by atoms with Crippen molar-refractivity contribution in [1.29, 1.82) is 0 Å².